The smallest absolute Gasteiger partial charge is 0.497 e. The topological polar surface area (TPSA) is 59.3 Å². The first-order valence-electron chi connectivity index (χ1n) is 6.99. The van der Waals surface area contributed by atoms with Crippen molar-refractivity contribution in [3.05, 3.63) is 65.2 Å². The lowest BCUT2D eigenvalue weighted by Gasteiger charge is -2.11. The number of para-hydroxylation sites is 1. The molecule has 0 aliphatic heterocycles. The number of carbonyl (C=O) groups is 1. The molecule has 0 atom stereocenters. The van der Waals surface area contributed by atoms with Crippen molar-refractivity contribution in [1.82, 2.24) is 0 Å². The summed E-state index contributed by atoms with van der Waals surface area (Å²) < 4.78 is 46.2. The molecule has 0 saturated carbocycles. The predicted octanol–water partition coefficient (Wildman–Crippen LogP) is 4.38. The van der Waals surface area contributed by atoms with Gasteiger partial charge in [0.25, 0.3) is 0 Å². The third-order valence-electron chi connectivity index (χ3n) is 3.16. The number of hydrogen-bond donors (Lipinski definition) is 0. The number of halogens is 3. The van der Waals surface area contributed by atoms with Gasteiger partial charge < -0.3 is 9.47 Å². The van der Waals surface area contributed by atoms with Crippen molar-refractivity contribution in [3.63, 3.8) is 0 Å². The zero-order valence-corrected chi connectivity index (χ0v) is 13.0. The lowest BCUT2D eigenvalue weighted by Crippen LogP contribution is -2.17. The van der Waals surface area contributed by atoms with E-state index in [2.05, 4.69) is 4.74 Å². The van der Waals surface area contributed by atoms with Crippen molar-refractivity contribution < 1.29 is 27.4 Å². The van der Waals surface area contributed by atoms with Gasteiger partial charge in [0.2, 0.25) is 5.78 Å². The maximum atomic E-state index is 12.4. The summed E-state index contributed by atoms with van der Waals surface area (Å²) in [7, 11) is 1.47. The number of Topliss-reactive ketones (excluding diaryl/α,β-unsaturated/α-hetero) is 1. The van der Waals surface area contributed by atoms with Gasteiger partial charge in [-0.3, -0.25) is 4.79 Å². The van der Waals surface area contributed by atoms with E-state index in [1.807, 2.05) is 0 Å². The van der Waals surface area contributed by atoms with Crippen LogP contribution in [0.2, 0.25) is 0 Å². The van der Waals surface area contributed by atoms with E-state index in [9.17, 15) is 23.2 Å². The average molecular weight is 347 g/mol. The molecule has 0 radical (unpaired) electrons. The van der Waals surface area contributed by atoms with Crippen LogP contribution >= 0.6 is 0 Å². The maximum Gasteiger partial charge on any atom is 0.573 e. The van der Waals surface area contributed by atoms with Crippen LogP contribution in [-0.4, -0.2) is 19.3 Å². The summed E-state index contributed by atoms with van der Waals surface area (Å²) in [5.74, 6) is -0.583. The Kier molecular flexibility index (Phi) is 5.45. The number of ether oxygens (including phenoxy) is 2. The Bertz CT molecular complexity index is 834. The van der Waals surface area contributed by atoms with E-state index in [1.54, 1.807) is 18.2 Å². The number of benzene rings is 2. The van der Waals surface area contributed by atoms with Gasteiger partial charge in [-0.15, -0.1) is 13.2 Å². The number of alkyl halides is 3. The molecular formula is C18H12F3NO3. The van der Waals surface area contributed by atoms with Crippen LogP contribution in [0.5, 0.6) is 11.5 Å². The number of ketones is 1. The fourth-order valence-electron chi connectivity index (χ4n) is 2.02. The van der Waals surface area contributed by atoms with Crippen LogP contribution < -0.4 is 9.47 Å². The zero-order chi connectivity index (χ0) is 18.4. The second kappa shape index (κ2) is 7.53. The van der Waals surface area contributed by atoms with Crippen molar-refractivity contribution in [2.24, 2.45) is 0 Å². The molecule has 0 unspecified atom stereocenters. The molecule has 0 amide bonds. The zero-order valence-electron chi connectivity index (χ0n) is 13.0. The number of nitriles is 1. The second-order valence-corrected chi connectivity index (χ2v) is 4.81. The normalized spacial score (nSPS) is 11.6. The van der Waals surface area contributed by atoms with Gasteiger partial charge in [-0.1, -0.05) is 18.2 Å². The van der Waals surface area contributed by atoms with Crippen molar-refractivity contribution in [3.8, 4) is 17.6 Å². The van der Waals surface area contributed by atoms with Gasteiger partial charge in [-0.2, -0.15) is 5.26 Å². The monoisotopic (exact) mass is 347 g/mol. The quantitative estimate of drug-likeness (QED) is 0.457. The summed E-state index contributed by atoms with van der Waals surface area (Å²) in [5, 5.41) is 9.22. The molecule has 4 nitrogen and oxygen atoms in total. The molecule has 25 heavy (non-hydrogen) atoms. The molecule has 2 aromatic rings. The Hall–Kier alpha value is -3.27. The number of hydrogen-bond acceptors (Lipinski definition) is 4. The Morgan fingerprint density at radius 1 is 1.12 bits per heavy atom. The first-order valence-corrected chi connectivity index (χ1v) is 6.99. The molecule has 0 spiro atoms. The van der Waals surface area contributed by atoms with E-state index >= 15 is 0 Å². The standard InChI is InChI=1S/C18H12F3NO3/c1-24-15-8-6-12(7-9-15)17(23)14(11-22)10-13-4-2-3-5-16(13)25-18(19,20)21/h2-10H,1H3/b14-10+. The first-order chi connectivity index (χ1) is 11.8. The molecule has 2 rings (SSSR count). The summed E-state index contributed by atoms with van der Waals surface area (Å²) in [5.41, 5.74) is -0.135. The molecule has 0 saturated heterocycles. The van der Waals surface area contributed by atoms with Gasteiger partial charge in [-0.25, -0.2) is 0 Å². The maximum absolute atomic E-state index is 12.4. The van der Waals surface area contributed by atoms with E-state index < -0.39 is 17.9 Å². The number of rotatable bonds is 5. The average Bonchev–Trinajstić information content (AvgIpc) is 2.59. The lowest BCUT2D eigenvalue weighted by atomic mass is 10.0. The Morgan fingerprint density at radius 2 is 1.76 bits per heavy atom. The molecule has 0 aliphatic rings. The van der Waals surface area contributed by atoms with Gasteiger partial charge in [0.1, 0.15) is 23.1 Å². The summed E-state index contributed by atoms with van der Waals surface area (Å²) in [6.07, 6.45) is -3.82. The summed E-state index contributed by atoms with van der Waals surface area (Å²) >= 11 is 0. The molecule has 0 aliphatic carbocycles. The van der Waals surface area contributed by atoms with Gasteiger partial charge in [-0.05, 0) is 36.4 Å². The van der Waals surface area contributed by atoms with Crippen LogP contribution in [0.25, 0.3) is 6.08 Å². The third kappa shape index (κ3) is 4.85. The molecular weight excluding hydrogens is 335 g/mol. The van der Waals surface area contributed by atoms with Crippen LogP contribution in [0.15, 0.2) is 54.1 Å². The Balaban J connectivity index is 2.37. The summed E-state index contributed by atoms with van der Waals surface area (Å²) in [6.45, 7) is 0. The van der Waals surface area contributed by atoms with Gasteiger partial charge in [0.15, 0.2) is 0 Å². The van der Waals surface area contributed by atoms with Crippen molar-refractivity contribution in [2.45, 2.75) is 6.36 Å². The molecule has 0 fully saturated rings. The highest BCUT2D eigenvalue weighted by Gasteiger charge is 2.31. The Morgan fingerprint density at radius 3 is 2.32 bits per heavy atom. The highest BCUT2D eigenvalue weighted by atomic mass is 19.4. The first kappa shape index (κ1) is 18.1. The minimum absolute atomic E-state index is 0.0294. The molecule has 0 aromatic heterocycles. The van der Waals surface area contributed by atoms with Gasteiger partial charge in [0, 0.05) is 11.1 Å². The summed E-state index contributed by atoms with van der Waals surface area (Å²) in [6, 6.07) is 13.0. The molecule has 0 N–H and O–H groups in total. The van der Waals surface area contributed by atoms with Crippen LogP contribution in [-0.2, 0) is 0 Å². The van der Waals surface area contributed by atoms with E-state index in [0.717, 1.165) is 12.1 Å². The van der Waals surface area contributed by atoms with Crippen LogP contribution in [0.1, 0.15) is 15.9 Å². The van der Waals surface area contributed by atoms with Crippen molar-refractivity contribution in [2.75, 3.05) is 7.11 Å². The minimum atomic E-state index is -4.88. The van der Waals surface area contributed by atoms with Crippen LogP contribution in [0.4, 0.5) is 13.2 Å². The Labute approximate surface area is 141 Å². The fraction of sp³-hybridized carbons (Fsp3) is 0.111. The van der Waals surface area contributed by atoms with E-state index in [0.29, 0.717) is 5.75 Å². The summed E-state index contributed by atoms with van der Waals surface area (Å²) in [4.78, 5) is 12.4. The third-order valence-corrected chi connectivity index (χ3v) is 3.16. The number of methoxy groups -OCH3 is 1. The molecule has 0 heterocycles. The number of nitrogens with zero attached hydrogens (tertiary/aromatic N) is 1. The van der Waals surface area contributed by atoms with Gasteiger partial charge >= 0.3 is 6.36 Å². The predicted molar refractivity (Wildman–Crippen MR) is 84.0 cm³/mol. The van der Waals surface area contributed by atoms with Crippen molar-refractivity contribution in [1.29, 1.82) is 5.26 Å². The molecule has 2 aromatic carbocycles. The molecule has 7 heteroatoms. The van der Waals surface area contributed by atoms with E-state index in [1.165, 1.54) is 37.4 Å². The number of allylic oxidation sites excluding steroid dienone is 1. The number of carbonyl (C=O) groups excluding carboxylic acids is 1. The highest BCUT2D eigenvalue weighted by Crippen LogP contribution is 2.28. The largest absolute Gasteiger partial charge is 0.573 e. The van der Waals surface area contributed by atoms with Gasteiger partial charge in [0.05, 0.1) is 7.11 Å². The fourth-order valence-corrected chi connectivity index (χ4v) is 2.02. The van der Waals surface area contributed by atoms with Crippen LogP contribution in [0, 0.1) is 11.3 Å². The van der Waals surface area contributed by atoms with Crippen LogP contribution in [0.3, 0.4) is 0 Å². The second-order valence-electron chi connectivity index (χ2n) is 4.81. The van der Waals surface area contributed by atoms with E-state index in [4.69, 9.17) is 4.74 Å². The SMILES string of the molecule is COc1ccc(C(=O)/C(C#N)=C/c2ccccc2OC(F)(F)F)cc1. The molecule has 0 bridgehead atoms. The molecule has 128 valence electrons. The lowest BCUT2D eigenvalue weighted by molar-refractivity contribution is -0.274. The van der Waals surface area contributed by atoms with E-state index in [-0.39, 0.29) is 16.7 Å². The highest BCUT2D eigenvalue weighted by molar-refractivity contribution is 6.14. The van der Waals surface area contributed by atoms with Crippen molar-refractivity contribution >= 4 is 11.9 Å². The minimum Gasteiger partial charge on any atom is -0.497 e.